The maximum absolute atomic E-state index is 5.95. The van der Waals surface area contributed by atoms with E-state index in [1.165, 1.54) is 0 Å². The molecule has 0 aliphatic heterocycles. The second kappa shape index (κ2) is 8.33. The zero-order chi connectivity index (χ0) is 18.5. The van der Waals surface area contributed by atoms with Crippen molar-refractivity contribution in [2.45, 2.75) is 39.4 Å². The van der Waals surface area contributed by atoms with Gasteiger partial charge in [0.25, 0.3) is 0 Å². The molecular formula is C18H24ClN7. The number of imidazole rings is 1. The van der Waals surface area contributed by atoms with E-state index in [1.54, 1.807) is 0 Å². The van der Waals surface area contributed by atoms with Crippen molar-refractivity contribution < 1.29 is 0 Å². The van der Waals surface area contributed by atoms with Crippen molar-refractivity contribution in [1.29, 1.82) is 0 Å². The predicted molar refractivity (Wildman–Crippen MR) is 107 cm³/mol. The van der Waals surface area contributed by atoms with Crippen LogP contribution in [0.25, 0.3) is 11.2 Å². The van der Waals surface area contributed by atoms with E-state index in [0.717, 1.165) is 34.7 Å². The molecule has 0 saturated carbocycles. The Balaban J connectivity index is 1.89. The average molecular weight is 374 g/mol. The number of halogens is 1. The van der Waals surface area contributed by atoms with E-state index in [9.17, 15) is 0 Å². The third kappa shape index (κ3) is 4.42. The molecule has 0 radical (unpaired) electrons. The molecule has 0 amide bonds. The molecule has 26 heavy (non-hydrogen) atoms. The summed E-state index contributed by atoms with van der Waals surface area (Å²) in [4.78, 5) is 13.7. The zero-order valence-corrected chi connectivity index (χ0v) is 15.8. The van der Waals surface area contributed by atoms with Crippen LogP contribution in [0.3, 0.4) is 0 Å². The Morgan fingerprint density at radius 1 is 1.19 bits per heavy atom. The number of rotatable bonds is 8. The van der Waals surface area contributed by atoms with Gasteiger partial charge in [-0.25, -0.2) is 4.98 Å². The summed E-state index contributed by atoms with van der Waals surface area (Å²) in [6.45, 7) is 6.14. The summed E-state index contributed by atoms with van der Waals surface area (Å²) in [6, 6.07) is 7.73. The van der Waals surface area contributed by atoms with Crippen LogP contribution in [-0.4, -0.2) is 32.1 Å². The number of hydrogen-bond acceptors (Lipinski definition) is 6. The molecule has 1 aromatic carbocycles. The molecule has 1 atom stereocenters. The van der Waals surface area contributed by atoms with Gasteiger partial charge in [-0.1, -0.05) is 30.7 Å². The lowest BCUT2D eigenvalue weighted by molar-refractivity contribution is 0.691. The fraction of sp³-hybridized carbons (Fsp3) is 0.389. The van der Waals surface area contributed by atoms with Gasteiger partial charge in [0.2, 0.25) is 5.95 Å². The predicted octanol–water partition coefficient (Wildman–Crippen LogP) is 3.26. The van der Waals surface area contributed by atoms with Gasteiger partial charge >= 0.3 is 0 Å². The fourth-order valence-electron chi connectivity index (χ4n) is 2.59. The third-order valence-electron chi connectivity index (χ3n) is 3.88. The summed E-state index contributed by atoms with van der Waals surface area (Å²) in [5, 5.41) is 7.28. The number of anilines is 2. The van der Waals surface area contributed by atoms with Crippen LogP contribution in [0.1, 0.15) is 25.8 Å². The van der Waals surface area contributed by atoms with E-state index in [1.807, 2.05) is 42.1 Å². The van der Waals surface area contributed by atoms with Gasteiger partial charge in [0.1, 0.15) is 0 Å². The minimum atomic E-state index is 0.0142. The van der Waals surface area contributed by atoms with Gasteiger partial charge in [0.05, 0.1) is 6.33 Å². The topological polar surface area (TPSA) is 93.7 Å². The number of aryl methyl sites for hydroxylation is 1. The van der Waals surface area contributed by atoms with Crippen molar-refractivity contribution in [1.82, 2.24) is 19.5 Å². The quantitative estimate of drug-likeness (QED) is 0.561. The molecule has 0 spiro atoms. The monoisotopic (exact) mass is 373 g/mol. The molecule has 7 nitrogen and oxygen atoms in total. The SMILES string of the molecule is CCCn1cnc2c(NCc3ccc(Cl)cc3)nc(NCC(C)N)nc21. The van der Waals surface area contributed by atoms with Crippen molar-refractivity contribution >= 4 is 34.5 Å². The van der Waals surface area contributed by atoms with Crippen LogP contribution in [0.2, 0.25) is 5.02 Å². The van der Waals surface area contributed by atoms with Crippen molar-refractivity contribution in [2.75, 3.05) is 17.2 Å². The molecule has 0 aliphatic carbocycles. The summed E-state index contributed by atoms with van der Waals surface area (Å²) in [5.41, 5.74) is 8.52. The summed E-state index contributed by atoms with van der Waals surface area (Å²) >= 11 is 5.95. The summed E-state index contributed by atoms with van der Waals surface area (Å²) in [6.07, 6.45) is 2.82. The highest BCUT2D eigenvalue weighted by Gasteiger charge is 2.13. The number of nitrogens with zero attached hydrogens (tertiary/aromatic N) is 4. The molecular weight excluding hydrogens is 350 g/mol. The first-order chi connectivity index (χ1) is 12.6. The molecule has 0 aliphatic rings. The molecule has 2 aromatic heterocycles. The minimum Gasteiger partial charge on any atom is -0.364 e. The number of nitrogens with one attached hydrogen (secondary N) is 2. The molecule has 0 fully saturated rings. The molecule has 8 heteroatoms. The second-order valence-corrected chi connectivity index (χ2v) is 6.78. The highest BCUT2D eigenvalue weighted by Crippen LogP contribution is 2.22. The van der Waals surface area contributed by atoms with Crippen molar-refractivity contribution in [2.24, 2.45) is 5.73 Å². The van der Waals surface area contributed by atoms with Crippen molar-refractivity contribution in [3.05, 3.63) is 41.2 Å². The van der Waals surface area contributed by atoms with Crippen molar-refractivity contribution in [3.8, 4) is 0 Å². The number of fused-ring (bicyclic) bond motifs is 1. The van der Waals surface area contributed by atoms with E-state index < -0.39 is 0 Å². The van der Waals surface area contributed by atoms with Crippen LogP contribution in [0.4, 0.5) is 11.8 Å². The van der Waals surface area contributed by atoms with Crippen LogP contribution < -0.4 is 16.4 Å². The van der Waals surface area contributed by atoms with E-state index in [2.05, 4.69) is 32.5 Å². The van der Waals surface area contributed by atoms with Gasteiger partial charge < -0.3 is 20.9 Å². The Labute approximate surface area is 158 Å². The van der Waals surface area contributed by atoms with Crippen LogP contribution in [0, 0.1) is 0 Å². The molecule has 138 valence electrons. The average Bonchev–Trinajstić information content (AvgIpc) is 3.03. The molecule has 0 bridgehead atoms. The molecule has 4 N–H and O–H groups in total. The molecule has 1 unspecified atom stereocenters. The lowest BCUT2D eigenvalue weighted by atomic mass is 10.2. The molecule has 2 heterocycles. The maximum atomic E-state index is 5.95. The van der Waals surface area contributed by atoms with Gasteiger partial charge in [0, 0.05) is 30.7 Å². The summed E-state index contributed by atoms with van der Waals surface area (Å²) < 4.78 is 2.04. The van der Waals surface area contributed by atoms with Crippen LogP contribution in [-0.2, 0) is 13.1 Å². The molecule has 3 aromatic rings. The van der Waals surface area contributed by atoms with Gasteiger partial charge in [-0.05, 0) is 31.0 Å². The summed E-state index contributed by atoms with van der Waals surface area (Å²) in [5.74, 6) is 1.25. The van der Waals surface area contributed by atoms with Gasteiger partial charge in [-0.2, -0.15) is 9.97 Å². The first kappa shape index (κ1) is 18.4. The highest BCUT2D eigenvalue weighted by molar-refractivity contribution is 6.30. The lowest BCUT2D eigenvalue weighted by Crippen LogP contribution is -2.26. The number of nitrogens with two attached hydrogens (primary N) is 1. The minimum absolute atomic E-state index is 0.0142. The van der Waals surface area contributed by atoms with Crippen LogP contribution in [0.5, 0.6) is 0 Å². The van der Waals surface area contributed by atoms with Gasteiger partial charge in [0.15, 0.2) is 17.0 Å². The number of hydrogen-bond donors (Lipinski definition) is 3. The van der Waals surface area contributed by atoms with Gasteiger partial charge in [-0.3, -0.25) is 0 Å². The smallest absolute Gasteiger partial charge is 0.226 e. The Hall–Kier alpha value is -2.38. The second-order valence-electron chi connectivity index (χ2n) is 6.34. The Bertz CT molecular complexity index is 858. The zero-order valence-electron chi connectivity index (χ0n) is 15.0. The Kier molecular flexibility index (Phi) is 5.90. The van der Waals surface area contributed by atoms with E-state index in [0.29, 0.717) is 24.9 Å². The standard InChI is InChI=1S/C18H24ClN7/c1-3-8-26-11-23-15-16(21-10-13-4-6-14(19)7-5-13)24-18(25-17(15)26)22-9-12(2)20/h4-7,11-12H,3,8-10,20H2,1-2H3,(H2,21,22,24,25). The van der Waals surface area contributed by atoms with E-state index >= 15 is 0 Å². The number of benzene rings is 1. The maximum Gasteiger partial charge on any atom is 0.226 e. The third-order valence-corrected chi connectivity index (χ3v) is 4.14. The Morgan fingerprint density at radius 2 is 1.96 bits per heavy atom. The lowest BCUT2D eigenvalue weighted by Gasteiger charge is -2.12. The molecule has 0 saturated heterocycles. The van der Waals surface area contributed by atoms with Crippen molar-refractivity contribution in [3.63, 3.8) is 0 Å². The van der Waals surface area contributed by atoms with E-state index in [4.69, 9.17) is 17.3 Å². The van der Waals surface area contributed by atoms with Gasteiger partial charge in [-0.15, -0.1) is 0 Å². The first-order valence-corrected chi connectivity index (χ1v) is 9.15. The summed E-state index contributed by atoms with van der Waals surface area (Å²) in [7, 11) is 0. The van der Waals surface area contributed by atoms with E-state index in [-0.39, 0.29) is 6.04 Å². The Morgan fingerprint density at radius 3 is 2.65 bits per heavy atom. The normalized spacial score (nSPS) is 12.3. The van der Waals surface area contributed by atoms with Crippen LogP contribution in [0.15, 0.2) is 30.6 Å². The number of aromatic nitrogens is 4. The van der Waals surface area contributed by atoms with Crippen LogP contribution >= 0.6 is 11.6 Å². The molecule has 3 rings (SSSR count). The highest BCUT2D eigenvalue weighted by atomic mass is 35.5. The largest absolute Gasteiger partial charge is 0.364 e. The first-order valence-electron chi connectivity index (χ1n) is 8.77. The fourth-order valence-corrected chi connectivity index (χ4v) is 2.72.